The second-order valence-electron chi connectivity index (χ2n) is 3.01. The first kappa shape index (κ1) is 9.16. The van der Waals surface area contributed by atoms with Crippen LogP contribution in [0.4, 0.5) is 0 Å². The minimum absolute atomic E-state index is 0.152. The van der Waals surface area contributed by atoms with Crippen molar-refractivity contribution < 1.29 is 4.79 Å². The van der Waals surface area contributed by atoms with Crippen molar-refractivity contribution in [2.75, 3.05) is 0 Å². The van der Waals surface area contributed by atoms with Crippen LogP contribution in [0.15, 0.2) is 27.7 Å². The van der Waals surface area contributed by atoms with Gasteiger partial charge in [-0.3, -0.25) is 4.79 Å². The van der Waals surface area contributed by atoms with Crippen molar-refractivity contribution in [1.82, 2.24) is 0 Å². The minimum Gasteiger partial charge on any atom is -0.294 e. The average molecular weight is 302 g/mol. The fraction of sp³-hybridized carbons (Fsp3) is 0.100. The van der Waals surface area contributed by atoms with Gasteiger partial charge in [-0.1, -0.05) is 22.5 Å². The molecule has 2 rings (SSSR count). The summed E-state index contributed by atoms with van der Waals surface area (Å²) >= 11 is 6.75. The molecule has 3 heteroatoms. The number of carbonyl (C=O) groups excluding carboxylic acids is 1. The van der Waals surface area contributed by atoms with E-state index in [9.17, 15) is 4.79 Å². The Morgan fingerprint density at radius 3 is 2.69 bits per heavy atom. The maximum atomic E-state index is 11.5. The third kappa shape index (κ3) is 1.40. The summed E-state index contributed by atoms with van der Waals surface area (Å²) in [4.78, 5) is 11.5. The third-order valence-corrected chi connectivity index (χ3v) is 3.17. The van der Waals surface area contributed by atoms with E-state index < -0.39 is 0 Å². The SMILES string of the molecule is C=C1CC(=O)c2c(Br)cc(Br)cc21. The Kier molecular flexibility index (Phi) is 2.16. The van der Waals surface area contributed by atoms with Gasteiger partial charge < -0.3 is 0 Å². The molecule has 0 fully saturated rings. The number of hydrogen-bond donors (Lipinski definition) is 0. The first-order chi connectivity index (χ1) is 6.09. The molecule has 0 N–H and O–H groups in total. The van der Waals surface area contributed by atoms with E-state index in [-0.39, 0.29) is 5.78 Å². The van der Waals surface area contributed by atoms with Gasteiger partial charge in [-0.25, -0.2) is 0 Å². The summed E-state index contributed by atoms with van der Waals surface area (Å²) in [5, 5.41) is 0. The number of carbonyl (C=O) groups is 1. The number of hydrogen-bond acceptors (Lipinski definition) is 1. The Morgan fingerprint density at radius 2 is 2.00 bits per heavy atom. The fourth-order valence-corrected chi connectivity index (χ4v) is 2.96. The summed E-state index contributed by atoms with van der Waals surface area (Å²) in [6.45, 7) is 3.87. The molecule has 0 radical (unpaired) electrons. The quantitative estimate of drug-likeness (QED) is 0.712. The molecular weight excluding hydrogens is 296 g/mol. The van der Waals surface area contributed by atoms with Gasteiger partial charge in [0.2, 0.25) is 0 Å². The van der Waals surface area contributed by atoms with Crippen LogP contribution in [-0.2, 0) is 0 Å². The summed E-state index contributed by atoms with van der Waals surface area (Å²) in [7, 11) is 0. The van der Waals surface area contributed by atoms with Crippen LogP contribution < -0.4 is 0 Å². The highest BCUT2D eigenvalue weighted by atomic mass is 79.9. The van der Waals surface area contributed by atoms with E-state index in [2.05, 4.69) is 38.4 Å². The van der Waals surface area contributed by atoms with Gasteiger partial charge in [-0.15, -0.1) is 0 Å². The van der Waals surface area contributed by atoms with Crippen molar-refractivity contribution in [3.63, 3.8) is 0 Å². The minimum atomic E-state index is 0.152. The van der Waals surface area contributed by atoms with Gasteiger partial charge in [0.15, 0.2) is 5.78 Å². The molecule has 66 valence electrons. The van der Waals surface area contributed by atoms with Gasteiger partial charge in [-0.05, 0) is 39.2 Å². The zero-order valence-corrected chi connectivity index (χ0v) is 9.91. The Hall–Kier alpha value is -0.410. The molecule has 1 aromatic rings. The number of benzene rings is 1. The van der Waals surface area contributed by atoms with E-state index in [4.69, 9.17) is 0 Å². The van der Waals surface area contributed by atoms with Crippen molar-refractivity contribution in [1.29, 1.82) is 0 Å². The number of ketones is 1. The topological polar surface area (TPSA) is 17.1 Å². The third-order valence-electron chi connectivity index (χ3n) is 2.09. The van der Waals surface area contributed by atoms with Gasteiger partial charge in [0.1, 0.15) is 0 Å². The number of allylic oxidation sites excluding steroid dienone is 1. The average Bonchev–Trinajstić information content (AvgIpc) is 2.27. The Labute approximate surface area is 93.1 Å². The molecule has 0 bridgehead atoms. The van der Waals surface area contributed by atoms with E-state index in [1.807, 2.05) is 12.1 Å². The van der Waals surface area contributed by atoms with Crippen LogP contribution in [0.2, 0.25) is 0 Å². The summed E-state index contributed by atoms with van der Waals surface area (Å²) < 4.78 is 1.81. The molecule has 0 unspecified atom stereocenters. The molecule has 0 spiro atoms. The maximum Gasteiger partial charge on any atom is 0.168 e. The molecule has 0 aliphatic heterocycles. The second kappa shape index (κ2) is 3.07. The lowest BCUT2D eigenvalue weighted by molar-refractivity contribution is 0.100. The smallest absolute Gasteiger partial charge is 0.168 e. The molecule has 1 aromatic carbocycles. The van der Waals surface area contributed by atoms with Crippen LogP contribution in [0.25, 0.3) is 5.57 Å². The highest BCUT2D eigenvalue weighted by molar-refractivity contribution is 9.11. The molecule has 0 saturated heterocycles. The van der Waals surface area contributed by atoms with Crippen LogP contribution >= 0.6 is 31.9 Å². The lowest BCUT2D eigenvalue weighted by Gasteiger charge is -2.01. The zero-order chi connectivity index (χ0) is 9.59. The highest BCUT2D eigenvalue weighted by Crippen LogP contribution is 2.37. The monoisotopic (exact) mass is 300 g/mol. The molecule has 0 saturated carbocycles. The molecule has 0 amide bonds. The van der Waals surface area contributed by atoms with Crippen molar-refractivity contribution >= 4 is 43.2 Å². The van der Waals surface area contributed by atoms with Crippen molar-refractivity contribution in [2.24, 2.45) is 0 Å². The van der Waals surface area contributed by atoms with E-state index >= 15 is 0 Å². The van der Waals surface area contributed by atoms with Crippen LogP contribution in [0.3, 0.4) is 0 Å². The predicted octanol–water partition coefficient (Wildman–Crippen LogP) is 3.81. The van der Waals surface area contributed by atoms with Crippen molar-refractivity contribution in [2.45, 2.75) is 6.42 Å². The summed E-state index contributed by atoms with van der Waals surface area (Å²) in [5.41, 5.74) is 2.64. The fourth-order valence-electron chi connectivity index (χ4n) is 1.51. The number of fused-ring (bicyclic) bond motifs is 1. The van der Waals surface area contributed by atoms with E-state index in [0.29, 0.717) is 6.42 Å². The molecular formula is C10H6Br2O. The largest absolute Gasteiger partial charge is 0.294 e. The highest BCUT2D eigenvalue weighted by Gasteiger charge is 2.25. The van der Waals surface area contributed by atoms with E-state index in [1.165, 1.54) is 0 Å². The number of halogens is 2. The first-order valence-corrected chi connectivity index (χ1v) is 5.38. The molecule has 13 heavy (non-hydrogen) atoms. The summed E-state index contributed by atoms with van der Waals surface area (Å²) in [6.07, 6.45) is 0.449. The molecule has 1 aliphatic rings. The normalized spacial score (nSPS) is 14.9. The number of rotatable bonds is 0. The van der Waals surface area contributed by atoms with Crippen LogP contribution in [-0.4, -0.2) is 5.78 Å². The zero-order valence-electron chi connectivity index (χ0n) is 6.73. The molecule has 0 aromatic heterocycles. The van der Waals surface area contributed by atoms with E-state index in [1.54, 1.807) is 0 Å². The Morgan fingerprint density at radius 1 is 1.31 bits per heavy atom. The molecule has 0 atom stereocenters. The van der Waals surface area contributed by atoms with Gasteiger partial charge in [0, 0.05) is 20.9 Å². The van der Waals surface area contributed by atoms with Crippen LogP contribution in [0.1, 0.15) is 22.3 Å². The first-order valence-electron chi connectivity index (χ1n) is 3.80. The van der Waals surface area contributed by atoms with Crippen molar-refractivity contribution in [3.8, 4) is 0 Å². The second-order valence-corrected chi connectivity index (χ2v) is 4.78. The van der Waals surface area contributed by atoms with Gasteiger partial charge >= 0.3 is 0 Å². The summed E-state index contributed by atoms with van der Waals surface area (Å²) in [6, 6.07) is 3.82. The van der Waals surface area contributed by atoms with Gasteiger partial charge in [0.05, 0.1) is 0 Å². The van der Waals surface area contributed by atoms with E-state index in [0.717, 1.165) is 25.6 Å². The van der Waals surface area contributed by atoms with Crippen LogP contribution in [0.5, 0.6) is 0 Å². The Bertz CT molecular complexity index is 421. The van der Waals surface area contributed by atoms with Crippen molar-refractivity contribution in [3.05, 3.63) is 38.8 Å². The molecule has 0 heterocycles. The molecule has 1 aliphatic carbocycles. The maximum absolute atomic E-state index is 11.5. The predicted molar refractivity (Wildman–Crippen MR) is 59.8 cm³/mol. The molecule has 1 nitrogen and oxygen atoms in total. The lowest BCUT2D eigenvalue weighted by atomic mass is 10.1. The Balaban J connectivity index is 2.77. The number of Topliss-reactive ketones (excluding diaryl/α,β-unsaturated/α-hetero) is 1. The standard InChI is InChI=1S/C10H6Br2O/c1-5-2-9(13)10-7(5)3-6(11)4-8(10)12/h3-4H,1-2H2. The summed E-state index contributed by atoms with van der Waals surface area (Å²) in [5.74, 6) is 0.152. The van der Waals surface area contributed by atoms with Gasteiger partial charge in [-0.2, -0.15) is 0 Å². The lowest BCUT2D eigenvalue weighted by Crippen LogP contribution is -1.92. The van der Waals surface area contributed by atoms with Gasteiger partial charge in [0.25, 0.3) is 0 Å². The van der Waals surface area contributed by atoms with Crippen LogP contribution in [0, 0.1) is 0 Å².